The minimum absolute atomic E-state index is 0.0767. The zero-order valence-corrected chi connectivity index (χ0v) is 16.5. The van der Waals surface area contributed by atoms with Gasteiger partial charge in [0.1, 0.15) is 5.65 Å². The Bertz CT molecular complexity index is 912. The molecule has 2 aromatic heterocycles. The van der Waals surface area contributed by atoms with Crippen molar-refractivity contribution in [1.29, 1.82) is 0 Å². The summed E-state index contributed by atoms with van der Waals surface area (Å²) in [6, 6.07) is 5.69. The van der Waals surface area contributed by atoms with Crippen LogP contribution in [-0.2, 0) is 9.53 Å². The lowest BCUT2D eigenvalue weighted by molar-refractivity contribution is -0.134. The molecule has 4 aliphatic rings. The van der Waals surface area contributed by atoms with E-state index in [1.165, 1.54) is 19.3 Å². The average molecular weight is 381 g/mol. The van der Waals surface area contributed by atoms with Gasteiger partial charge in [-0.15, -0.1) is 0 Å². The number of amides is 1. The van der Waals surface area contributed by atoms with Crippen molar-refractivity contribution >= 4 is 17.5 Å². The third kappa shape index (κ3) is 2.99. The van der Waals surface area contributed by atoms with Crippen LogP contribution >= 0.6 is 0 Å². The number of hydrogen-bond donors (Lipinski definition) is 1. The number of fused-ring (bicyclic) bond motifs is 1. The molecule has 0 spiro atoms. The topological polar surface area (TPSA) is 72.7 Å². The van der Waals surface area contributed by atoms with Gasteiger partial charge >= 0.3 is 5.97 Å². The van der Waals surface area contributed by atoms with E-state index in [1.807, 2.05) is 29.5 Å². The molecule has 0 aliphatic heterocycles. The molecule has 6 rings (SSSR count). The predicted molar refractivity (Wildman–Crippen MR) is 104 cm³/mol. The molecule has 6 nitrogen and oxygen atoms in total. The lowest BCUT2D eigenvalue weighted by Gasteiger charge is -2.57. The van der Waals surface area contributed by atoms with E-state index in [4.69, 9.17) is 4.74 Å². The van der Waals surface area contributed by atoms with Gasteiger partial charge < -0.3 is 14.5 Å². The second-order valence-electron chi connectivity index (χ2n) is 9.26. The van der Waals surface area contributed by atoms with Crippen LogP contribution in [-0.4, -0.2) is 32.9 Å². The highest BCUT2D eigenvalue weighted by Gasteiger charge is 2.51. The fourth-order valence-corrected chi connectivity index (χ4v) is 6.15. The zero-order chi connectivity index (χ0) is 19.5. The third-order valence-corrected chi connectivity index (χ3v) is 6.98. The first-order valence-corrected chi connectivity index (χ1v) is 10.4. The molecule has 4 bridgehead atoms. The minimum atomic E-state index is -0.827. The first-order chi connectivity index (χ1) is 13.4. The number of carbonyl (C=O) groups excluding carboxylic acids is 2. The van der Waals surface area contributed by atoms with Crippen LogP contribution in [0, 0.1) is 24.7 Å². The van der Waals surface area contributed by atoms with Crippen LogP contribution < -0.4 is 5.32 Å². The number of esters is 1. The first-order valence-electron chi connectivity index (χ1n) is 10.4. The highest BCUT2D eigenvalue weighted by atomic mass is 16.5. The normalized spacial score (nSPS) is 31.7. The van der Waals surface area contributed by atoms with Crippen LogP contribution in [0.1, 0.15) is 61.6 Å². The van der Waals surface area contributed by atoms with Crippen LogP contribution in [0.2, 0.25) is 0 Å². The maximum Gasteiger partial charge on any atom is 0.359 e. The predicted octanol–water partition coefficient (Wildman–Crippen LogP) is 3.27. The van der Waals surface area contributed by atoms with Gasteiger partial charge in [0.15, 0.2) is 11.8 Å². The van der Waals surface area contributed by atoms with Crippen LogP contribution in [0.4, 0.5) is 0 Å². The molecule has 2 aromatic rings. The Labute approximate surface area is 164 Å². The van der Waals surface area contributed by atoms with Crippen LogP contribution in [0.15, 0.2) is 24.4 Å². The number of hydrogen-bond acceptors (Lipinski definition) is 4. The van der Waals surface area contributed by atoms with Crippen molar-refractivity contribution in [2.45, 2.75) is 64.0 Å². The van der Waals surface area contributed by atoms with Crippen molar-refractivity contribution in [2.75, 3.05) is 0 Å². The fourth-order valence-electron chi connectivity index (χ4n) is 6.15. The van der Waals surface area contributed by atoms with E-state index in [1.54, 1.807) is 13.1 Å². The maximum absolute atomic E-state index is 12.8. The Morgan fingerprint density at radius 3 is 2.43 bits per heavy atom. The number of imidazole rings is 1. The molecular weight excluding hydrogens is 354 g/mol. The number of pyridine rings is 1. The number of rotatable bonds is 4. The molecule has 0 aromatic carbocycles. The van der Waals surface area contributed by atoms with E-state index < -0.39 is 12.1 Å². The summed E-state index contributed by atoms with van der Waals surface area (Å²) in [5.74, 6) is 1.52. The molecule has 148 valence electrons. The Morgan fingerprint density at radius 1 is 1.18 bits per heavy atom. The van der Waals surface area contributed by atoms with Gasteiger partial charge in [-0.3, -0.25) is 4.79 Å². The fraction of sp³-hybridized carbons (Fsp3) is 0.591. The lowest BCUT2D eigenvalue weighted by Crippen LogP contribution is -2.61. The highest BCUT2D eigenvalue weighted by Crippen LogP contribution is 2.55. The summed E-state index contributed by atoms with van der Waals surface area (Å²) in [7, 11) is 0. The van der Waals surface area contributed by atoms with Gasteiger partial charge in [-0.2, -0.15) is 0 Å². The maximum atomic E-state index is 12.8. The molecule has 0 radical (unpaired) electrons. The van der Waals surface area contributed by atoms with Crippen molar-refractivity contribution in [3.05, 3.63) is 35.8 Å². The molecular formula is C22H27N3O3. The van der Waals surface area contributed by atoms with E-state index in [9.17, 15) is 9.59 Å². The van der Waals surface area contributed by atoms with E-state index in [-0.39, 0.29) is 17.1 Å². The SMILES string of the molecule is Cc1cccc2nc(C(=O)O[C@H](C)C(=O)NC34CC5CC(CC(C5)C3)C4)cn12. The van der Waals surface area contributed by atoms with E-state index in [2.05, 4.69) is 10.3 Å². The number of nitrogens with zero attached hydrogens (tertiary/aromatic N) is 2. The second-order valence-corrected chi connectivity index (χ2v) is 9.26. The smallest absolute Gasteiger partial charge is 0.359 e. The molecule has 28 heavy (non-hydrogen) atoms. The molecule has 4 saturated carbocycles. The van der Waals surface area contributed by atoms with E-state index >= 15 is 0 Å². The van der Waals surface area contributed by atoms with Gasteiger partial charge in [-0.1, -0.05) is 6.07 Å². The number of carbonyl (C=O) groups is 2. The van der Waals surface area contributed by atoms with Gasteiger partial charge in [0.05, 0.1) is 0 Å². The Kier molecular flexibility index (Phi) is 4.00. The van der Waals surface area contributed by atoms with Crippen molar-refractivity contribution < 1.29 is 14.3 Å². The number of aromatic nitrogens is 2. The number of nitrogens with one attached hydrogen (secondary N) is 1. The Morgan fingerprint density at radius 2 is 1.82 bits per heavy atom. The summed E-state index contributed by atoms with van der Waals surface area (Å²) in [5, 5.41) is 3.28. The molecule has 0 unspecified atom stereocenters. The van der Waals surface area contributed by atoms with E-state index in [0.29, 0.717) is 5.65 Å². The zero-order valence-electron chi connectivity index (χ0n) is 16.5. The summed E-state index contributed by atoms with van der Waals surface area (Å²) in [6.07, 6.45) is 8.06. The standard InChI is InChI=1S/C22H27N3O3/c1-13-4-3-5-19-23-18(12-25(13)19)21(27)28-14(2)20(26)24-22-9-15-6-16(10-22)8-17(7-15)11-22/h3-5,12,14-17H,6-11H2,1-2H3,(H,24,26)/t14-,15?,16?,17?,22?/m1/s1. The third-order valence-electron chi connectivity index (χ3n) is 6.98. The molecule has 4 aliphatic carbocycles. The molecule has 6 heteroatoms. The summed E-state index contributed by atoms with van der Waals surface area (Å²) in [4.78, 5) is 29.7. The van der Waals surface area contributed by atoms with Crippen LogP contribution in [0.3, 0.4) is 0 Å². The van der Waals surface area contributed by atoms with Gasteiger partial charge in [0, 0.05) is 17.4 Å². The summed E-state index contributed by atoms with van der Waals surface area (Å²) in [5.41, 5.74) is 1.82. The molecule has 1 atom stereocenters. The minimum Gasteiger partial charge on any atom is -0.448 e. The average Bonchev–Trinajstić information content (AvgIpc) is 3.06. The van der Waals surface area contributed by atoms with Crippen LogP contribution in [0.25, 0.3) is 5.65 Å². The Balaban J connectivity index is 1.26. The van der Waals surface area contributed by atoms with Gasteiger partial charge in [0.25, 0.3) is 5.91 Å². The van der Waals surface area contributed by atoms with Crippen LogP contribution in [0.5, 0.6) is 0 Å². The summed E-state index contributed by atoms with van der Waals surface area (Å²) in [6.45, 7) is 3.60. The monoisotopic (exact) mass is 381 g/mol. The molecule has 0 saturated heterocycles. The quantitative estimate of drug-likeness (QED) is 0.825. The van der Waals surface area contributed by atoms with Gasteiger partial charge in [0.2, 0.25) is 0 Å². The largest absolute Gasteiger partial charge is 0.448 e. The van der Waals surface area contributed by atoms with Gasteiger partial charge in [-0.05, 0) is 82.3 Å². The molecule has 4 fully saturated rings. The molecule has 2 heterocycles. The molecule has 1 amide bonds. The summed E-state index contributed by atoms with van der Waals surface area (Å²) >= 11 is 0. The van der Waals surface area contributed by atoms with Crippen molar-refractivity contribution in [3.8, 4) is 0 Å². The highest BCUT2D eigenvalue weighted by molar-refractivity contribution is 5.91. The van der Waals surface area contributed by atoms with Crippen molar-refractivity contribution in [1.82, 2.24) is 14.7 Å². The number of aryl methyl sites for hydroxylation is 1. The van der Waals surface area contributed by atoms with Crippen molar-refractivity contribution in [3.63, 3.8) is 0 Å². The molecule has 1 N–H and O–H groups in total. The van der Waals surface area contributed by atoms with Crippen molar-refractivity contribution in [2.24, 2.45) is 17.8 Å². The first kappa shape index (κ1) is 17.7. The Hall–Kier alpha value is -2.37. The summed E-state index contributed by atoms with van der Waals surface area (Å²) < 4.78 is 7.30. The lowest BCUT2D eigenvalue weighted by atomic mass is 9.53. The van der Waals surface area contributed by atoms with E-state index in [0.717, 1.165) is 42.7 Å². The van der Waals surface area contributed by atoms with Gasteiger partial charge in [-0.25, -0.2) is 9.78 Å². The second kappa shape index (κ2) is 6.33. The number of ether oxygens (including phenoxy) is 1.